The van der Waals surface area contributed by atoms with Gasteiger partial charge in [0.25, 0.3) is 0 Å². The van der Waals surface area contributed by atoms with E-state index in [0.29, 0.717) is 10.3 Å². The van der Waals surface area contributed by atoms with Gasteiger partial charge in [-0.1, -0.05) is 18.5 Å². The number of aryl methyl sites for hydroxylation is 3. The quantitative estimate of drug-likeness (QED) is 0.632. The summed E-state index contributed by atoms with van der Waals surface area (Å²) in [5.41, 5.74) is 2.78. The second-order valence-electron chi connectivity index (χ2n) is 4.65. The highest BCUT2D eigenvalue weighted by atomic mass is 35.5. The van der Waals surface area contributed by atoms with Crippen molar-refractivity contribution < 1.29 is 0 Å². The Balaban J connectivity index is 2.36. The molecule has 20 heavy (non-hydrogen) atoms. The molecule has 0 saturated heterocycles. The van der Waals surface area contributed by atoms with Gasteiger partial charge in [-0.3, -0.25) is 0 Å². The Bertz CT molecular complexity index is 611. The molecular weight excluding hydrogens is 292 g/mol. The smallest absolute Gasteiger partial charge is 0.194 e. The fraction of sp³-hybridized carbons (Fsp3) is 0.429. The van der Waals surface area contributed by atoms with Gasteiger partial charge in [0.05, 0.1) is 0 Å². The number of aromatic nitrogens is 4. The number of rotatable bonds is 4. The summed E-state index contributed by atoms with van der Waals surface area (Å²) in [6, 6.07) is 1.95. The Morgan fingerprint density at radius 1 is 1.05 bits per heavy atom. The molecule has 2 heterocycles. The molecule has 6 heteroatoms. The van der Waals surface area contributed by atoms with Crippen molar-refractivity contribution in [3.05, 3.63) is 34.0 Å². The summed E-state index contributed by atoms with van der Waals surface area (Å²) in [7, 11) is 0. The maximum atomic E-state index is 6.18. The zero-order valence-corrected chi connectivity index (χ0v) is 13.6. The van der Waals surface area contributed by atoms with Crippen LogP contribution in [0.1, 0.15) is 36.1 Å². The maximum absolute atomic E-state index is 6.18. The minimum absolute atomic E-state index is 0.510. The van der Waals surface area contributed by atoms with Crippen molar-refractivity contribution >= 4 is 23.4 Å². The van der Waals surface area contributed by atoms with E-state index >= 15 is 0 Å². The normalized spacial score (nSPS) is 10.8. The molecule has 0 atom stereocenters. The van der Waals surface area contributed by atoms with Gasteiger partial charge < -0.3 is 0 Å². The summed E-state index contributed by atoms with van der Waals surface area (Å²) in [4.78, 5) is 17.7. The van der Waals surface area contributed by atoms with Gasteiger partial charge in [-0.05, 0) is 45.0 Å². The summed E-state index contributed by atoms with van der Waals surface area (Å²) < 4.78 is 0. The van der Waals surface area contributed by atoms with Crippen LogP contribution in [0.5, 0.6) is 0 Å². The first-order chi connectivity index (χ1) is 9.49. The average molecular weight is 309 g/mol. The Labute approximate surface area is 128 Å². The molecular formula is C14H17ClN4S. The first kappa shape index (κ1) is 15.2. The van der Waals surface area contributed by atoms with E-state index in [4.69, 9.17) is 11.6 Å². The molecule has 0 bridgehead atoms. The predicted octanol–water partition coefficient (Wildman–Crippen LogP) is 3.95. The van der Waals surface area contributed by atoms with E-state index in [2.05, 4.69) is 26.9 Å². The number of nitrogens with zero attached hydrogens (tertiary/aromatic N) is 4. The third-order valence-electron chi connectivity index (χ3n) is 2.71. The van der Waals surface area contributed by atoms with Gasteiger partial charge in [-0.25, -0.2) is 19.9 Å². The Morgan fingerprint density at radius 2 is 1.70 bits per heavy atom. The van der Waals surface area contributed by atoms with Crippen LogP contribution in [-0.4, -0.2) is 19.9 Å². The Hall–Kier alpha value is -1.20. The zero-order chi connectivity index (χ0) is 14.7. The van der Waals surface area contributed by atoms with E-state index in [1.54, 1.807) is 0 Å². The van der Waals surface area contributed by atoms with Crippen molar-refractivity contribution in [3.63, 3.8) is 0 Å². The van der Waals surface area contributed by atoms with Crippen molar-refractivity contribution in [2.75, 3.05) is 0 Å². The monoisotopic (exact) mass is 308 g/mol. The molecule has 0 spiro atoms. The lowest BCUT2D eigenvalue weighted by atomic mass is 10.3. The molecule has 0 amide bonds. The van der Waals surface area contributed by atoms with Gasteiger partial charge in [-0.15, -0.1) is 0 Å². The zero-order valence-electron chi connectivity index (χ0n) is 12.1. The largest absolute Gasteiger partial charge is 0.228 e. The number of halogens is 1. The van der Waals surface area contributed by atoms with Crippen LogP contribution >= 0.6 is 23.4 Å². The van der Waals surface area contributed by atoms with E-state index in [9.17, 15) is 0 Å². The van der Waals surface area contributed by atoms with E-state index < -0.39 is 0 Å². The Kier molecular flexibility index (Phi) is 4.94. The van der Waals surface area contributed by atoms with Crippen LogP contribution < -0.4 is 0 Å². The summed E-state index contributed by atoms with van der Waals surface area (Å²) in [6.07, 6.45) is 1.81. The number of hydrogen-bond acceptors (Lipinski definition) is 5. The van der Waals surface area contributed by atoms with Gasteiger partial charge in [0.15, 0.2) is 5.16 Å². The third kappa shape index (κ3) is 3.67. The minimum atomic E-state index is 0.510. The summed E-state index contributed by atoms with van der Waals surface area (Å²) >= 11 is 7.62. The highest BCUT2D eigenvalue weighted by molar-refractivity contribution is 7.99. The van der Waals surface area contributed by atoms with Gasteiger partial charge in [0, 0.05) is 23.4 Å². The van der Waals surface area contributed by atoms with Crippen molar-refractivity contribution in [1.29, 1.82) is 0 Å². The van der Waals surface area contributed by atoms with Crippen LogP contribution in [0.25, 0.3) is 0 Å². The standard InChI is InChI=1S/C14H17ClN4S/c1-5-6-11-18-12(15)10(4)13(19-11)20-14-16-8(2)7-9(3)17-14/h7H,5-6H2,1-4H3. The van der Waals surface area contributed by atoms with Gasteiger partial charge in [0.2, 0.25) is 0 Å². The molecule has 0 fully saturated rings. The fourth-order valence-electron chi connectivity index (χ4n) is 1.77. The van der Waals surface area contributed by atoms with Crippen LogP contribution in [0.2, 0.25) is 5.15 Å². The van der Waals surface area contributed by atoms with Crippen LogP contribution in [-0.2, 0) is 6.42 Å². The first-order valence-electron chi connectivity index (χ1n) is 6.52. The van der Waals surface area contributed by atoms with Crippen LogP contribution in [0.3, 0.4) is 0 Å². The molecule has 0 aliphatic carbocycles. The van der Waals surface area contributed by atoms with Crippen molar-refractivity contribution in [2.45, 2.75) is 50.7 Å². The molecule has 0 aromatic carbocycles. The molecule has 0 radical (unpaired) electrons. The highest BCUT2D eigenvalue weighted by Gasteiger charge is 2.12. The fourth-order valence-corrected chi connectivity index (χ4v) is 2.97. The third-order valence-corrected chi connectivity index (χ3v) is 4.04. The molecule has 0 aliphatic heterocycles. The predicted molar refractivity (Wildman–Crippen MR) is 81.4 cm³/mol. The van der Waals surface area contributed by atoms with Gasteiger partial charge in [0.1, 0.15) is 16.0 Å². The molecule has 0 unspecified atom stereocenters. The van der Waals surface area contributed by atoms with Crippen LogP contribution in [0.15, 0.2) is 16.2 Å². The van der Waals surface area contributed by atoms with Crippen LogP contribution in [0, 0.1) is 20.8 Å². The molecule has 106 valence electrons. The van der Waals surface area contributed by atoms with Crippen molar-refractivity contribution in [1.82, 2.24) is 19.9 Å². The molecule has 0 N–H and O–H groups in total. The van der Waals surface area contributed by atoms with Crippen LogP contribution in [0.4, 0.5) is 0 Å². The average Bonchev–Trinajstić information content (AvgIpc) is 2.34. The first-order valence-corrected chi connectivity index (χ1v) is 7.72. The molecule has 0 aliphatic rings. The topological polar surface area (TPSA) is 51.6 Å². The van der Waals surface area contributed by atoms with E-state index in [1.165, 1.54) is 11.8 Å². The van der Waals surface area contributed by atoms with Gasteiger partial charge in [-0.2, -0.15) is 0 Å². The lowest BCUT2D eigenvalue weighted by Gasteiger charge is -2.08. The van der Waals surface area contributed by atoms with Crippen molar-refractivity contribution in [2.24, 2.45) is 0 Å². The minimum Gasteiger partial charge on any atom is -0.228 e. The number of hydrogen-bond donors (Lipinski definition) is 0. The Morgan fingerprint density at radius 3 is 2.30 bits per heavy atom. The lowest BCUT2D eigenvalue weighted by Crippen LogP contribution is -2.01. The SMILES string of the molecule is CCCc1nc(Cl)c(C)c(Sc2nc(C)cc(C)n2)n1. The maximum Gasteiger partial charge on any atom is 0.194 e. The molecule has 2 aromatic rings. The van der Waals surface area contributed by atoms with E-state index in [1.807, 2.05) is 26.8 Å². The molecule has 2 aromatic heterocycles. The highest BCUT2D eigenvalue weighted by Crippen LogP contribution is 2.29. The molecule has 2 rings (SSSR count). The van der Waals surface area contributed by atoms with E-state index in [0.717, 1.165) is 40.6 Å². The van der Waals surface area contributed by atoms with E-state index in [-0.39, 0.29) is 0 Å². The summed E-state index contributed by atoms with van der Waals surface area (Å²) in [6.45, 7) is 7.93. The van der Waals surface area contributed by atoms with Gasteiger partial charge >= 0.3 is 0 Å². The molecule has 4 nitrogen and oxygen atoms in total. The summed E-state index contributed by atoms with van der Waals surface area (Å²) in [5.74, 6) is 0.773. The van der Waals surface area contributed by atoms with Crippen molar-refractivity contribution in [3.8, 4) is 0 Å². The lowest BCUT2D eigenvalue weighted by molar-refractivity contribution is 0.799. The molecule has 0 saturated carbocycles. The second kappa shape index (κ2) is 6.50. The summed E-state index contributed by atoms with van der Waals surface area (Å²) in [5, 5.41) is 2.04. The second-order valence-corrected chi connectivity index (χ2v) is 5.96.